The number of hydrogen-bond donors (Lipinski definition) is 3. The van der Waals surface area contributed by atoms with E-state index in [1.165, 1.54) is 12.1 Å². The normalized spacial score (nSPS) is 18.1. The van der Waals surface area contributed by atoms with Crippen LogP contribution in [0.4, 0.5) is 10.1 Å². The first kappa shape index (κ1) is 26.9. The van der Waals surface area contributed by atoms with Crippen LogP contribution in [0.1, 0.15) is 59.9 Å². The van der Waals surface area contributed by atoms with Crippen molar-refractivity contribution in [2.75, 3.05) is 11.9 Å². The van der Waals surface area contributed by atoms with E-state index in [9.17, 15) is 14.0 Å². The molecule has 2 unspecified atom stereocenters. The Hall–Kier alpha value is -4.67. The fourth-order valence-electron chi connectivity index (χ4n) is 5.49. The van der Waals surface area contributed by atoms with Gasteiger partial charge in [0.05, 0.1) is 12.5 Å². The average Bonchev–Trinajstić information content (AvgIpc) is 3.55. The first-order valence-corrected chi connectivity index (χ1v) is 12.8. The zero-order chi connectivity index (χ0) is 28.8. The fourth-order valence-corrected chi connectivity index (χ4v) is 5.49. The molecule has 0 radical (unpaired) electrons. The van der Waals surface area contributed by atoms with Crippen LogP contribution in [0.25, 0.3) is 5.57 Å². The Morgan fingerprint density at radius 2 is 1.90 bits per heavy atom. The Kier molecular flexibility index (Phi) is 6.82. The maximum Gasteiger partial charge on any atom is 0.443 e. The summed E-state index contributed by atoms with van der Waals surface area (Å²) in [6, 6.07) is 10.1. The summed E-state index contributed by atoms with van der Waals surface area (Å²) < 4.78 is 25.8. The standard InChI is InChI=1S/C29H29FN6O4/c1-15(31)23(16(2)32)18-5-8-20(9-6-18)33-27(37)26(36(4)28(38)25-17(3)34-40-35-25)24-21-10-7-19(30)13-22(21)39-14-29(24)11-12-29/h5-10,13,24,26H,4,11-12,14H2,1-3H3,(H3-,31,32,33,34,35,37,38)/p+1. The number of aryl methyl sites for hydroxylation is 1. The monoisotopic (exact) mass is 545 g/mol. The summed E-state index contributed by atoms with van der Waals surface area (Å²) in [5.74, 6) is -1.75. The van der Waals surface area contributed by atoms with E-state index >= 15 is 0 Å². The number of carbonyl (C=O) groups excluding carboxylic acids is 2. The maximum absolute atomic E-state index is 14.1. The largest absolute Gasteiger partial charge is 0.493 e. The number of fused-ring (bicyclic) bond motifs is 1. The lowest BCUT2D eigenvalue weighted by Gasteiger charge is -2.35. The minimum Gasteiger partial charge on any atom is -0.493 e. The molecule has 206 valence electrons. The number of ether oxygens (including phenoxy) is 1. The lowest BCUT2D eigenvalue weighted by Crippen LogP contribution is -2.49. The second-order valence-corrected chi connectivity index (χ2v) is 10.5. The molecular weight excluding hydrogens is 515 g/mol. The number of allylic oxidation sites excluding steroid dienone is 2. The number of nitrogens with one attached hydrogen (secondary N) is 2. The predicted molar refractivity (Wildman–Crippen MR) is 146 cm³/mol. The van der Waals surface area contributed by atoms with E-state index in [4.69, 9.17) is 20.5 Å². The molecule has 5 rings (SSSR count). The predicted octanol–water partition coefficient (Wildman–Crippen LogP) is 4.06. The summed E-state index contributed by atoms with van der Waals surface area (Å²) in [7, 11) is 0. The van der Waals surface area contributed by atoms with Crippen molar-refractivity contribution in [2.45, 2.75) is 45.6 Å². The molecule has 1 fully saturated rings. The number of aromatic nitrogens is 2. The summed E-state index contributed by atoms with van der Waals surface area (Å²) in [4.78, 5) is 27.6. The summed E-state index contributed by atoms with van der Waals surface area (Å²) >= 11 is 0. The van der Waals surface area contributed by atoms with Crippen molar-refractivity contribution in [3.05, 3.63) is 76.5 Å². The molecule has 40 heavy (non-hydrogen) atoms. The van der Waals surface area contributed by atoms with E-state index in [0.717, 1.165) is 23.0 Å². The summed E-state index contributed by atoms with van der Waals surface area (Å²) in [6.45, 7) is 9.23. The second-order valence-electron chi connectivity index (χ2n) is 10.5. The summed E-state index contributed by atoms with van der Waals surface area (Å²) in [5.41, 5.74) is 9.08. The van der Waals surface area contributed by atoms with Crippen molar-refractivity contribution in [2.24, 2.45) is 11.1 Å². The molecule has 1 aliphatic carbocycles. The van der Waals surface area contributed by atoms with Gasteiger partial charge in [-0.3, -0.25) is 4.79 Å². The fraction of sp³-hybridized carbons (Fsp3) is 0.310. The van der Waals surface area contributed by atoms with Gasteiger partial charge in [0.1, 0.15) is 24.0 Å². The number of benzene rings is 2. The van der Waals surface area contributed by atoms with Crippen molar-refractivity contribution in [3.63, 3.8) is 0 Å². The van der Waals surface area contributed by atoms with Gasteiger partial charge >= 0.3 is 5.91 Å². The van der Waals surface area contributed by atoms with Gasteiger partial charge in [0.25, 0.3) is 5.91 Å². The quantitative estimate of drug-likeness (QED) is 0.300. The van der Waals surface area contributed by atoms with Crippen molar-refractivity contribution < 1.29 is 27.9 Å². The maximum atomic E-state index is 14.1. The lowest BCUT2D eigenvalue weighted by molar-refractivity contribution is -0.456. The molecule has 4 N–H and O–H groups in total. The Balaban J connectivity index is 1.53. The Labute approximate surface area is 230 Å². The van der Waals surface area contributed by atoms with E-state index in [2.05, 4.69) is 22.3 Å². The van der Waals surface area contributed by atoms with Crippen LogP contribution in [-0.4, -0.2) is 51.8 Å². The molecular formula is C29H30FN6O4+. The Morgan fingerprint density at radius 3 is 2.48 bits per heavy atom. The Morgan fingerprint density at radius 1 is 1.20 bits per heavy atom. The number of nitrogens with zero attached hydrogens (tertiary/aromatic N) is 3. The minimum atomic E-state index is -1.09. The molecule has 1 saturated carbocycles. The molecule has 3 aromatic rings. The van der Waals surface area contributed by atoms with E-state index in [1.54, 1.807) is 51.1 Å². The molecule has 2 amide bonds. The van der Waals surface area contributed by atoms with E-state index in [-0.39, 0.29) is 18.0 Å². The third-order valence-electron chi connectivity index (χ3n) is 7.62. The average molecular weight is 546 g/mol. The topological polar surface area (TPSA) is 147 Å². The van der Waals surface area contributed by atoms with Gasteiger partial charge in [0.15, 0.2) is 0 Å². The van der Waals surface area contributed by atoms with Crippen LogP contribution in [-0.2, 0) is 4.79 Å². The number of amides is 2. The van der Waals surface area contributed by atoms with Gasteiger partial charge in [0, 0.05) is 39.7 Å². The first-order valence-electron chi connectivity index (χ1n) is 12.8. The molecule has 2 aromatic carbocycles. The second kappa shape index (κ2) is 10.1. The van der Waals surface area contributed by atoms with Crippen LogP contribution in [0.3, 0.4) is 0 Å². The zero-order valence-corrected chi connectivity index (χ0v) is 22.5. The first-order chi connectivity index (χ1) is 19.0. The molecule has 2 heterocycles. The van der Waals surface area contributed by atoms with E-state index < -0.39 is 35.0 Å². The highest BCUT2D eigenvalue weighted by molar-refractivity contribution is 6.21. The van der Waals surface area contributed by atoms with Crippen LogP contribution in [0, 0.1) is 23.6 Å². The lowest BCUT2D eigenvalue weighted by atomic mass is 9.75. The number of carbonyl (C=O) groups is 2. The number of halogens is 1. The van der Waals surface area contributed by atoms with Crippen molar-refractivity contribution in [1.29, 1.82) is 5.41 Å². The van der Waals surface area contributed by atoms with Crippen LogP contribution >= 0.6 is 0 Å². The number of rotatable bonds is 7. The van der Waals surface area contributed by atoms with E-state index in [1.807, 2.05) is 0 Å². The highest BCUT2D eigenvalue weighted by Gasteiger charge is 2.61. The van der Waals surface area contributed by atoms with Crippen LogP contribution < -0.4 is 15.8 Å². The molecule has 1 aromatic heterocycles. The van der Waals surface area contributed by atoms with Gasteiger partial charge < -0.3 is 21.2 Å². The molecule has 11 heteroatoms. The molecule has 1 spiro atoms. The van der Waals surface area contributed by atoms with Crippen molar-refractivity contribution in [1.82, 2.24) is 10.3 Å². The van der Waals surface area contributed by atoms with Gasteiger partial charge in [-0.15, -0.1) is 0 Å². The molecule has 1 aliphatic heterocycles. The summed E-state index contributed by atoms with van der Waals surface area (Å²) in [6.07, 6.45) is 1.55. The molecule has 2 aliphatic rings. The van der Waals surface area contributed by atoms with Crippen LogP contribution in [0.15, 0.2) is 52.8 Å². The minimum absolute atomic E-state index is 0.0492. The smallest absolute Gasteiger partial charge is 0.443 e. The molecule has 0 saturated heterocycles. The van der Waals surface area contributed by atoms with Gasteiger partial charge in [-0.1, -0.05) is 23.4 Å². The van der Waals surface area contributed by atoms with Gasteiger partial charge in [0.2, 0.25) is 11.7 Å². The number of anilines is 1. The van der Waals surface area contributed by atoms with Gasteiger partial charge in [-0.25, -0.2) is 13.8 Å². The van der Waals surface area contributed by atoms with Gasteiger partial charge in [-0.2, -0.15) is 4.58 Å². The molecule has 2 atom stereocenters. The third kappa shape index (κ3) is 4.78. The number of hydrogen-bond acceptors (Lipinski definition) is 8. The highest BCUT2D eigenvalue weighted by Crippen LogP contribution is 2.61. The van der Waals surface area contributed by atoms with Gasteiger partial charge in [-0.05, 0) is 62.5 Å². The van der Waals surface area contributed by atoms with Crippen molar-refractivity contribution >= 4 is 35.5 Å². The van der Waals surface area contributed by atoms with E-state index in [0.29, 0.717) is 34.0 Å². The molecule has 10 nitrogen and oxygen atoms in total. The highest BCUT2D eigenvalue weighted by atomic mass is 19.1. The van der Waals surface area contributed by atoms with Crippen molar-refractivity contribution in [3.8, 4) is 5.75 Å². The van der Waals surface area contributed by atoms with Crippen LogP contribution in [0.2, 0.25) is 0 Å². The van der Waals surface area contributed by atoms with Crippen LogP contribution in [0.5, 0.6) is 5.75 Å². The Bertz CT molecular complexity index is 1570. The SMILES string of the molecule is C=[N+](C(=O)c1nonc1C)C(C(=O)Nc1ccc(/C(C(C)=N)=C(\C)N)cc1)C1c2ccc(F)cc2OCC12CC2. The zero-order valence-electron chi connectivity index (χ0n) is 22.5. The third-order valence-corrected chi connectivity index (χ3v) is 7.62. The molecule has 0 bridgehead atoms. The summed E-state index contributed by atoms with van der Waals surface area (Å²) in [5, 5.41) is 18.4. The number of nitrogens with two attached hydrogens (primary N) is 1.